The summed E-state index contributed by atoms with van der Waals surface area (Å²) < 4.78 is 4.95. The van der Waals surface area contributed by atoms with Gasteiger partial charge in [-0.05, 0) is 50.2 Å². The van der Waals surface area contributed by atoms with Gasteiger partial charge in [0.05, 0.1) is 17.9 Å². The molecule has 0 saturated carbocycles. The van der Waals surface area contributed by atoms with E-state index in [1.165, 1.54) is 23.5 Å². The summed E-state index contributed by atoms with van der Waals surface area (Å²) in [7, 11) is 0. The van der Waals surface area contributed by atoms with Crippen LogP contribution in [-0.4, -0.2) is 34.4 Å². The van der Waals surface area contributed by atoms with E-state index >= 15 is 0 Å². The van der Waals surface area contributed by atoms with Crippen molar-refractivity contribution >= 4 is 39.9 Å². The third-order valence-electron chi connectivity index (χ3n) is 3.87. The molecule has 2 N–H and O–H groups in total. The fraction of sp³-hybridized carbons (Fsp3) is 0.150. The molecule has 0 fully saturated rings. The molecule has 0 unspecified atom stereocenters. The molecule has 0 spiro atoms. The van der Waals surface area contributed by atoms with Crippen LogP contribution in [0.15, 0.2) is 48.0 Å². The Morgan fingerprint density at radius 2 is 1.79 bits per heavy atom. The molecule has 0 radical (unpaired) electrons. The highest BCUT2D eigenvalue weighted by Gasteiger charge is 2.15. The van der Waals surface area contributed by atoms with Gasteiger partial charge < -0.3 is 10.1 Å². The van der Waals surface area contributed by atoms with Gasteiger partial charge in [-0.25, -0.2) is 14.8 Å². The number of amides is 2. The molecule has 3 rings (SSSR count). The fourth-order valence-corrected chi connectivity index (χ4v) is 2.99. The fourth-order valence-electron chi connectivity index (χ4n) is 2.47. The van der Waals surface area contributed by atoms with E-state index in [1.807, 2.05) is 0 Å². The van der Waals surface area contributed by atoms with Gasteiger partial charge in [0.15, 0.2) is 5.13 Å². The number of esters is 1. The number of hydrogen-bond acceptors (Lipinski definition) is 7. The molecule has 29 heavy (non-hydrogen) atoms. The number of benzene rings is 1. The second-order valence-corrected chi connectivity index (χ2v) is 6.77. The van der Waals surface area contributed by atoms with Crippen LogP contribution in [0.25, 0.3) is 0 Å². The van der Waals surface area contributed by atoms with Crippen LogP contribution in [0.2, 0.25) is 0 Å². The molecule has 9 heteroatoms. The largest absolute Gasteiger partial charge is 0.462 e. The molecule has 8 nitrogen and oxygen atoms in total. The number of carbonyl (C=O) groups is 3. The first-order valence-electron chi connectivity index (χ1n) is 8.75. The van der Waals surface area contributed by atoms with Crippen LogP contribution in [0.1, 0.15) is 43.8 Å². The maximum atomic E-state index is 12.4. The van der Waals surface area contributed by atoms with Crippen molar-refractivity contribution in [1.29, 1.82) is 0 Å². The Labute approximate surface area is 171 Å². The number of aryl methyl sites for hydroxylation is 1. The van der Waals surface area contributed by atoms with Gasteiger partial charge in [-0.1, -0.05) is 0 Å². The predicted molar refractivity (Wildman–Crippen MR) is 109 cm³/mol. The number of thiazole rings is 1. The van der Waals surface area contributed by atoms with E-state index in [9.17, 15) is 14.4 Å². The Balaban J connectivity index is 1.65. The van der Waals surface area contributed by atoms with Crippen LogP contribution in [0, 0.1) is 6.92 Å². The van der Waals surface area contributed by atoms with Gasteiger partial charge in [0.2, 0.25) is 0 Å². The van der Waals surface area contributed by atoms with Crippen molar-refractivity contribution in [3.05, 3.63) is 70.5 Å². The maximum absolute atomic E-state index is 12.4. The first-order chi connectivity index (χ1) is 14.0. The minimum Gasteiger partial charge on any atom is -0.462 e. The van der Waals surface area contributed by atoms with Crippen LogP contribution in [0.3, 0.4) is 0 Å². The Morgan fingerprint density at radius 3 is 2.41 bits per heavy atom. The number of nitrogens with zero attached hydrogens (tertiary/aromatic N) is 2. The van der Waals surface area contributed by atoms with Gasteiger partial charge in [-0.2, -0.15) is 0 Å². The minimum absolute atomic E-state index is 0.168. The van der Waals surface area contributed by atoms with E-state index in [0.29, 0.717) is 27.6 Å². The summed E-state index contributed by atoms with van der Waals surface area (Å²) in [4.78, 5) is 44.6. The second kappa shape index (κ2) is 9.07. The molecule has 0 aliphatic rings. The number of carbonyl (C=O) groups excluding carboxylic acids is 3. The van der Waals surface area contributed by atoms with Gasteiger partial charge in [0.25, 0.3) is 11.8 Å². The van der Waals surface area contributed by atoms with E-state index in [-0.39, 0.29) is 18.2 Å². The summed E-state index contributed by atoms with van der Waals surface area (Å²) in [5.41, 5.74) is 1.84. The van der Waals surface area contributed by atoms with Crippen molar-refractivity contribution in [2.24, 2.45) is 0 Å². The SMILES string of the molecule is CCOC(=O)c1ccc(C(=O)Nc2ccc(C(=O)Nc3nccs3)cc2)nc1C. The van der Waals surface area contributed by atoms with Crippen molar-refractivity contribution in [2.45, 2.75) is 13.8 Å². The molecule has 3 aromatic rings. The smallest absolute Gasteiger partial charge is 0.339 e. The number of aromatic nitrogens is 2. The van der Waals surface area contributed by atoms with Crippen molar-refractivity contribution < 1.29 is 19.1 Å². The van der Waals surface area contributed by atoms with Gasteiger partial charge in [-0.3, -0.25) is 14.9 Å². The average molecular weight is 410 g/mol. The number of rotatable bonds is 6. The molecule has 1 aromatic carbocycles. The zero-order valence-corrected chi connectivity index (χ0v) is 16.6. The summed E-state index contributed by atoms with van der Waals surface area (Å²) in [6.45, 7) is 3.62. The van der Waals surface area contributed by atoms with Crippen molar-refractivity contribution in [1.82, 2.24) is 9.97 Å². The summed E-state index contributed by atoms with van der Waals surface area (Å²) in [6, 6.07) is 9.41. The lowest BCUT2D eigenvalue weighted by Crippen LogP contribution is -2.16. The standard InChI is InChI=1S/C20H18N4O4S/c1-3-28-19(27)15-8-9-16(22-12(15)2)18(26)23-14-6-4-13(5-7-14)17(25)24-20-21-10-11-29-20/h4-11H,3H2,1-2H3,(H,23,26)(H,21,24,25). The molecular weight excluding hydrogens is 392 g/mol. The lowest BCUT2D eigenvalue weighted by molar-refractivity contribution is 0.0524. The molecule has 2 aromatic heterocycles. The Hall–Kier alpha value is -3.59. The molecular formula is C20H18N4O4S. The van der Waals surface area contributed by atoms with Gasteiger partial charge in [0.1, 0.15) is 5.69 Å². The van der Waals surface area contributed by atoms with Gasteiger partial charge in [0, 0.05) is 22.8 Å². The quantitative estimate of drug-likeness (QED) is 0.602. The lowest BCUT2D eigenvalue weighted by atomic mass is 10.1. The Morgan fingerprint density at radius 1 is 1.03 bits per heavy atom. The van der Waals surface area contributed by atoms with Crippen LogP contribution < -0.4 is 10.6 Å². The van der Waals surface area contributed by atoms with Crippen LogP contribution in [0.5, 0.6) is 0 Å². The highest BCUT2D eigenvalue weighted by atomic mass is 32.1. The van der Waals surface area contributed by atoms with Crippen LogP contribution in [-0.2, 0) is 4.74 Å². The van der Waals surface area contributed by atoms with Crippen molar-refractivity contribution in [2.75, 3.05) is 17.2 Å². The molecule has 0 atom stereocenters. The number of anilines is 2. The first kappa shape index (κ1) is 20.2. The normalized spacial score (nSPS) is 10.3. The molecule has 148 valence electrons. The summed E-state index contributed by atoms with van der Waals surface area (Å²) in [5.74, 6) is -1.19. The minimum atomic E-state index is -0.476. The molecule has 0 saturated heterocycles. The van der Waals surface area contributed by atoms with E-state index in [0.717, 1.165) is 0 Å². The number of pyridine rings is 1. The topological polar surface area (TPSA) is 110 Å². The van der Waals surface area contributed by atoms with E-state index in [4.69, 9.17) is 4.74 Å². The average Bonchev–Trinajstić information content (AvgIpc) is 3.21. The highest BCUT2D eigenvalue weighted by Crippen LogP contribution is 2.15. The Kier molecular flexibility index (Phi) is 6.30. The highest BCUT2D eigenvalue weighted by molar-refractivity contribution is 7.13. The molecule has 0 bridgehead atoms. The van der Waals surface area contributed by atoms with Crippen molar-refractivity contribution in [3.8, 4) is 0 Å². The van der Waals surface area contributed by atoms with Crippen LogP contribution in [0.4, 0.5) is 10.8 Å². The lowest BCUT2D eigenvalue weighted by Gasteiger charge is -2.09. The Bertz CT molecular complexity index is 1030. The van der Waals surface area contributed by atoms with Gasteiger partial charge in [-0.15, -0.1) is 11.3 Å². The van der Waals surface area contributed by atoms with Crippen molar-refractivity contribution in [3.63, 3.8) is 0 Å². The van der Waals surface area contributed by atoms with E-state index in [2.05, 4.69) is 20.6 Å². The summed E-state index contributed by atoms with van der Waals surface area (Å²) >= 11 is 1.33. The van der Waals surface area contributed by atoms with E-state index < -0.39 is 11.9 Å². The second-order valence-electron chi connectivity index (χ2n) is 5.87. The zero-order valence-electron chi connectivity index (χ0n) is 15.8. The number of hydrogen-bond donors (Lipinski definition) is 2. The molecule has 2 amide bonds. The third-order valence-corrected chi connectivity index (χ3v) is 4.56. The zero-order chi connectivity index (χ0) is 20.8. The number of nitrogens with one attached hydrogen (secondary N) is 2. The molecule has 2 heterocycles. The third kappa shape index (κ3) is 5.02. The molecule has 0 aliphatic carbocycles. The predicted octanol–water partition coefficient (Wildman–Crippen LogP) is 3.53. The van der Waals surface area contributed by atoms with Crippen LogP contribution >= 0.6 is 11.3 Å². The summed E-state index contributed by atoms with van der Waals surface area (Å²) in [5, 5.41) is 7.68. The maximum Gasteiger partial charge on any atom is 0.339 e. The van der Waals surface area contributed by atoms with Gasteiger partial charge >= 0.3 is 5.97 Å². The summed E-state index contributed by atoms with van der Waals surface area (Å²) in [6.07, 6.45) is 1.61. The first-order valence-corrected chi connectivity index (χ1v) is 9.63. The monoisotopic (exact) mass is 410 g/mol. The number of ether oxygens (including phenoxy) is 1. The molecule has 0 aliphatic heterocycles. The van der Waals surface area contributed by atoms with E-state index in [1.54, 1.807) is 49.7 Å².